The molecule has 16 heavy (non-hydrogen) atoms. The highest BCUT2D eigenvalue weighted by molar-refractivity contribution is 6.66. The number of hydrogen-bond donors (Lipinski definition) is 0. The van der Waals surface area contributed by atoms with Gasteiger partial charge in [0.15, 0.2) is 11.6 Å². The van der Waals surface area contributed by atoms with Crippen molar-refractivity contribution in [3.63, 3.8) is 0 Å². The Morgan fingerprint density at radius 2 is 2.25 bits per heavy atom. The number of fused-ring (bicyclic) bond motifs is 1. The Balaban J connectivity index is 2.66. The van der Waals surface area contributed by atoms with Crippen molar-refractivity contribution in [1.82, 2.24) is 0 Å². The van der Waals surface area contributed by atoms with E-state index in [4.69, 9.17) is 11.6 Å². The number of hydrogen-bond acceptors (Lipinski definition) is 3. The molecule has 0 fully saturated rings. The Morgan fingerprint density at radius 1 is 1.56 bits per heavy atom. The molecule has 1 aromatic rings. The fraction of sp³-hybridized carbons (Fsp3) is 0.200. The van der Waals surface area contributed by atoms with Gasteiger partial charge in [0.1, 0.15) is 10.9 Å². The molecule has 0 amide bonds. The Bertz CT molecular complexity index is 514. The first-order valence-electron chi connectivity index (χ1n) is 4.37. The van der Waals surface area contributed by atoms with Gasteiger partial charge in [-0.3, -0.25) is 0 Å². The number of nitrogens with zero attached hydrogens (tertiary/aromatic N) is 1. The molecule has 0 atom stereocenters. The molecule has 0 N–H and O–H groups in total. The molecule has 1 aliphatic heterocycles. The van der Waals surface area contributed by atoms with Crippen LogP contribution in [0.15, 0.2) is 11.1 Å². The van der Waals surface area contributed by atoms with Gasteiger partial charge in [0.05, 0.1) is 12.7 Å². The lowest BCUT2D eigenvalue weighted by atomic mass is 10.0. The van der Waals surface area contributed by atoms with E-state index in [0.29, 0.717) is 0 Å². The molecule has 0 spiro atoms. The predicted octanol–water partition coefficient (Wildman–Crippen LogP) is 2.58. The van der Waals surface area contributed by atoms with E-state index in [1.54, 1.807) is 0 Å². The fourth-order valence-corrected chi connectivity index (χ4v) is 1.76. The molecule has 3 nitrogen and oxygen atoms in total. The van der Waals surface area contributed by atoms with E-state index < -0.39 is 17.6 Å². The van der Waals surface area contributed by atoms with Crippen LogP contribution in [0.3, 0.4) is 0 Å². The number of benzene rings is 1. The Hall–Kier alpha value is -1.49. The monoisotopic (exact) mass is 245 g/mol. The summed E-state index contributed by atoms with van der Waals surface area (Å²) < 4.78 is 31.0. The molecule has 0 saturated heterocycles. The van der Waals surface area contributed by atoms with Gasteiger partial charge in [0, 0.05) is 12.0 Å². The lowest BCUT2D eigenvalue weighted by molar-refractivity contribution is 0.0599. The second-order valence-electron chi connectivity index (χ2n) is 3.20. The van der Waals surface area contributed by atoms with Crippen molar-refractivity contribution < 1.29 is 18.3 Å². The minimum absolute atomic E-state index is 0.0456. The smallest absolute Gasteiger partial charge is 0.338 e. The molecular formula is C10H6ClF2NO2. The van der Waals surface area contributed by atoms with Gasteiger partial charge in [-0.1, -0.05) is 11.6 Å². The van der Waals surface area contributed by atoms with Crippen LogP contribution in [-0.4, -0.2) is 18.2 Å². The van der Waals surface area contributed by atoms with Crippen molar-refractivity contribution in [2.45, 2.75) is 6.42 Å². The summed E-state index contributed by atoms with van der Waals surface area (Å²) in [6, 6.07) is 0.797. The molecule has 0 bridgehead atoms. The normalized spacial score (nSPS) is 13.4. The number of aliphatic imine (C=N–C) groups is 1. The molecule has 0 unspecified atom stereocenters. The van der Waals surface area contributed by atoms with Crippen molar-refractivity contribution in [2.75, 3.05) is 7.11 Å². The SMILES string of the molecule is COC(=O)c1cc(F)c(F)c2c1CC(Cl)=N2. The lowest BCUT2D eigenvalue weighted by Crippen LogP contribution is -2.07. The van der Waals surface area contributed by atoms with E-state index in [1.165, 1.54) is 0 Å². The second-order valence-corrected chi connectivity index (χ2v) is 3.64. The van der Waals surface area contributed by atoms with E-state index >= 15 is 0 Å². The molecule has 0 saturated carbocycles. The molecule has 1 aliphatic rings. The summed E-state index contributed by atoms with van der Waals surface area (Å²) in [6.45, 7) is 0. The first-order valence-corrected chi connectivity index (χ1v) is 4.74. The summed E-state index contributed by atoms with van der Waals surface area (Å²) in [5.74, 6) is -2.98. The zero-order valence-electron chi connectivity index (χ0n) is 8.18. The van der Waals surface area contributed by atoms with Crippen molar-refractivity contribution in [3.05, 3.63) is 28.8 Å². The fourth-order valence-electron chi connectivity index (χ4n) is 1.54. The summed E-state index contributed by atoms with van der Waals surface area (Å²) in [5.41, 5.74) is -0.00282. The van der Waals surface area contributed by atoms with E-state index in [1.807, 2.05) is 0 Å². The van der Waals surface area contributed by atoms with Crippen LogP contribution in [0.4, 0.5) is 14.5 Å². The summed E-state index contributed by atoms with van der Waals surface area (Å²) in [5, 5.41) is 0.115. The van der Waals surface area contributed by atoms with Gasteiger partial charge < -0.3 is 4.74 Å². The van der Waals surface area contributed by atoms with Gasteiger partial charge in [-0.2, -0.15) is 0 Å². The first-order chi connectivity index (χ1) is 7.54. The topological polar surface area (TPSA) is 38.7 Å². The maximum absolute atomic E-state index is 13.3. The van der Waals surface area contributed by atoms with Crippen molar-refractivity contribution in [2.24, 2.45) is 4.99 Å². The molecule has 6 heteroatoms. The minimum atomic E-state index is -1.14. The minimum Gasteiger partial charge on any atom is -0.465 e. The summed E-state index contributed by atoms with van der Waals surface area (Å²) >= 11 is 5.63. The third kappa shape index (κ3) is 1.57. The quantitative estimate of drug-likeness (QED) is 0.714. The maximum Gasteiger partial charge on any atom is 0.338 e. The van der Waals surface area contributed by atoms with Gasteiger partial charge in [0.2, 0.25) is 0 Å². The molecular weight excluding hydrogens is 240 g/mol. The van der Waals surface area contributed by atoms with Crippen LogP contribution in [0.5, 0.6) is 0 Å². The Morgan fingerprint density at radius 3 is 2.88 bits per heavy atom. The molecule has 0 radical (unpaired) electrons. The van der Waals surface area contributed by atoms with Crippen LogP contribution < -0.4 is 0 Å². The lowest BCUT2D eigenvalue weighted by Gasteiger charge is -2.06. The zero-order chi connectivity index (χ0) is 11.9. The van der Waals surface area contributed by atoms with Gasteiger partial charge in [0.25, 0.3) is 0 Å². The van der Waals surface area contributed by atoms with E-state index in [9.17, 15) is 13.6 Å². The van der Waals surface area contributed by atoms with Crippen molar-refractivity contribution in [3.8, 4) is 0 Å². The standard InChI is InChI=1S/C10H6ClF2NO2/c1-16-10(15)5-2-6(12)8(13)9-4(5)3-7(11)14-9/h2H,3H2,1H3. The Labute approximate surface area is 94.7 Å². The van der Waals surface area contributed by atoms with Crippen LogP contribution in [0, 0.1) is 11.6 Å². The highest BCUT2D eigenvalue weighted by Crippen LogP contribution is 2.35. The third-order valence-electron chi connectivity index (χ3n) is 2.26. The highest BCUT2D eigenvalue weighted by atomic mass is 35.5. The number of ether oxygens (including phenoxy) is 1. The molecule has 0 aliphatic carbocycles. The molecule has 0 aromatic heterocycles. The van der Waals surface area contributed by atoms with Gasteiger partial charge >= 0.3 is 5.97 Å². The van der Waals surface area contributed by atoms with Crippen LogP contribution in [0.1, 0.15) is 15.9 Å². The van der Waals surface area contributed by atoms with E-state index in [-0.39, 0.29) is 28.4 Å². The van der Waals surface area contributed by atoms with Crippen LogP contribution in [-0.2, 0) is 11.2 Å². The predicted molar refractivity (Wildman–Crippen MR) is 54.3 cm³/mol. The average Bonchev–Trinajstić information content (AvgIpc) is 2.64. The number of carbonyl (C=O) groups is 1. The molecule has 1 heterocycles. The van der Waals surface area contributed by atoms with Gasteiger partial charge in [-0.05, 0) is 6.07 Å². The van der Waals surface area contributed by atoms with E-state index in [0.717, 1.165) is 13.2 Å². The van der Waals surface area contributed by atoms with Crippen LogP contribution >= 0.6 is 11.6 Å². The van der Waals surface area contributed by atoms with Crippen molar-refractivity contribution >= 4 is 28.4 Å². The highest BCUT2D eigenvalue weighted by Gasteiger charge is 2.27. The number of rotatable bonds is 1. The molecule has 84 valence electrons. The number of esters is 1. The summed E-state index contributed by atoms with van der Waals surface area (Å²) in [4.78, 5) is 15.0. The average molecular weight is 246 g/mol. The van der Waals surface area contributed by atoms with Crippen LogP contribution in [0.25, 0.3) is 0 Å². The number of methoxy groups -OCH3 is 1. The van der Waals surface area contributed by atoms with Gasteiger partial charge in [-0.25, -0.2) is 18.6 Å². The van der Waals surface area contributed by atoms with E-state index in [2.05, 4.69) is 9.73 Å². The summed E-state index contributed by atoms with van der Waals surface area (Å²) in [7, 11) is 1.16. The molecule has 2 rings (SSSR count). The second kappa shape index (κ2) is 3.83. The largest absolute Gasteiger partial charge is 0.465 e. The maximum atomic E-state index is 13.3. The van der Waals surface area contributed by atoms with Crippen molar-refractivity contribution in [1.29, 1.82) is 0 Å². The first kappa shape index (κ1) is 11.0. The zero-order valence-corrected chi connectivity index (χ0v) is 8.94. The third-order valence-corrected chi connectivity index (χ3v) is 2.48. The summed E-state index contributed by atoms with van der Waals surface area (Å²) in [6.07, 6.45) is 0.110. The molecule has 1 aromatic carbocycles. The Kier molecular flexibility index (Phi) is 2.63. The van der Waals surface area contributed by atoms with Crippen LogP contribution in [0.2, 0.25) is 0 Å². The number of carbonyl (C=O) groups excluding carboxylic acids is 1. The number of halogens is 3. The van der Waals surface area contributed by atoms with Gasteiger partial charge in [-0.15, -0.1) is 0 Å².